The summed E-state index contributed by atoms with van der Waals surface area (Å²) in [5.74, 6) is 0.852. The number of nitrogens with one attached hydrogen (secondary N) is 1. The number of aromatic nitrogens is 1. The summed E-state index contributed by atoms with van der Waals surface area (Å²) in [5, 5.41) is 5.70. The smallest absolute Gasteiger partial charge is 0.130 e. The molecule has 134 valence electrons. The van der Waals surface area contributed by atoms with Crippen LogP contribution in [0, 0.1) is 0 Å². The van der Waals surface area contributed by atoms with Crippen LogP contribution in [0.4, 0.5) is 5.82 Å². The summed E-state index contributed by atoms with van der Waals surface area (Å²) >= 11 is 0. The van der Waals surface area contributed by atoms with E-state index in [0.29, 0.717) is 0 Å². The summed E-state index contributed by atoms with van der Waals surface area (Å²) in [5.41, 5.74) is 3.48. The van der Waals surface area contributed by atoms with Crippen LogP contribution in [-0.2, 0) is 0 Å². The van der Waals surface area contributed by atoms with Crippen LogP contribution in [0.25, 0.3) is 16.3 Å². The predicted octanol–water partition coefficient (Wildman–Crippen LogP) is 3.22. The third-order valence-electron chi connectivity index (χ3n) is 5.05. The molecule has 3 heterocycles. The highest BCUT2D eigenvalue weighted by Crippen LogP contribution is 2.26. The molecule has 0 radical (unpaired) electrons. The maximum absolute atomic E-state index is 4.54. The molecule has 0 spiro atoms. The second kappa shape index (κ2) is 7.40. The fraction of sp³-hybridized carbons (Fsp3) is 0.333. The summed E-state index contributed by atoms with van der Waals surface area (Å²) < 4.78 is 0. The first-order valence-electron chi connectivity index (χ1n) is 9.14. The second-order valence-electron chi connectivity index (χ2n) is 7.13. The van der Waals surface area contributed by atoms with E-state index < -0.39 is 0 Å². The number of piperazine rings is 1. The Morgan fingerprint density at radius 3 is 2.77 bits per heavy atom. The van der Waals surface area contributed by atoms with Crippen LogP contribution in [0.2, 0.25) is 0 Å². The average molecular weight is 347 g/mol. The summed E-state index contributed by atoms with van der Waals surface area (Å²) in [4.78, 5) is 13.5. The molecule has 2 aliphatic heterocycles. The van der Waals surface area contributed by atoms with E-state index in [1.54, 1.807) is 0 Å². The molecule has 26 heavy (non-hydrogen) atoms. The maximum Gasteiger partial charge on any atom is 0.130 e. The van der Waals surface area contributed by atoms with Gasteiger partial charge >= 0.3 is 0 Å². The monoisotopic (exact) mass is 347 g/mol. The first kappa shape index (κ1) is 16.9. The molecule has 0 amide bonds. The molecule has 2 aliphatic rings. The first-order valence-corrected chi connectivity index (χ1v) is 9.14. The standard InChI is InChI=1S/C21H25N5/c1-16(15-26-9-7-25(2)8-10-26)24-21-12-20-11-17(19-5-6-22-13-19)3-4-18(20)14-23-21/h3-4,6,11-14H,1,5,7-10,15H2,2H3,(H,23,24). The van der Waals surface area contributed by atoms with Crippen molar-refractivity contribution in [3.63, 3.8) is 0 Å². The number of pyridine rings is 1. The summed E-state index contributed by atoms with van der Waals surface area (Å²) in [6, 6.07) is 8.58. The Labute approximate surface area is 154 Å². The van der Waals surface area contributed by atoms with E-state index in [1.165, 1.54) is 16.5 Å². The van der Waals surface area contributed by atoms with Gasteiger partial charge < -0.3 is 10.2 Å². The van der Waals surface area contributed by atoms with Crippen LogP contribution < -0.4 is 5.32 Å². The topological polar surface area (TPSA) is 43.8 Å². The van der Waals surface area contributed by atoms with Crippen LogP contribution in [0.1, 0.15) is 12.0 Å². The SMILES string of the molecule is C=C(CN1CCN(C)CC1)Nc1cc2cc(C3=CN=CC3)ccc2cn1. The van der Waals surface area contributed by atoms with Crippen molar-refractivity contribution >= 4 is 28.4 Å². The quantitative estimate of drug-likeness (QED) is 0.902. The van der Waals surface area contributed by atoms with Gasteiger partial charge in [-0.3, -0.25) is 9.89 Å². The Hall–Kier alpha value is -2.50. The van der Waals surface area contributed by atoms with Gasteiger partial charge in [-0.25, -0.2) is 4.98 Å². The highest BCUT2D eigenvalue weighted by Gasteiger charge is 2.14. The van der Waals surface area contributed by atoms with Crippen LogP contribution in [0.5, 0.6) is 0 Å². The number of allylic oxidation sites excluding steroid dienone is 1. The van der Waals surface area contributed by atoms with Crippen LogP contribution in [-0.4, -0.2) is 60.8 Å². The zero-order valence-electron chi connectivity index (χ0n) is 15.3. The van der Waals surface area contributed by atoms with Crippen LogP contribution >= 0.6 is 0 Å². The highest BCUT2D eigenvalue weighted by atomic mass is 15.3. The normalized spacial score (nSPS) is 18.3. The predicted molar refractivity (Wildman–Crippen MR) is 110 cm³/mol. The molecule has 1 N–H and O–H groups in total. The van der Waals surface area contributed by atoms with E-state index in [1.807, 2.05) is 18.6 Å². The zero-order valence-corrected chi connectivity index (χ0v) is 15.3. The molecule has 5 nitrogen and oxygen atoms in total. The van der Waals surface area contributed by atoms with E-state index in [4.69, 9.17) is 0 Å². The Morgan fingerprint density at radius 2 is 2.00 bits per heavy atom. The van der Waals surface area contributed by atoms with Crippen molar-refractivity contribution in [2.24, 2.45) is 4.99 Å². The van der Waals surface area contributed by atoms with Gasteiger partial charge in [0, 0.05) is 68.8 Å². The fourth-order valence-electron chi connectivity index (χ4n) is 3.44. The Kier molecular flexibility index (Phi) is 4.82. The van der Waals surface area contributed by atoms with Gasteiger partial charge in [0.25, 0.3) is 0 Å². The molecule has 1 fully saturated rings. The molecule has 2 aromatic rings. The number of hydrogen-bond donors (Lipinski definition) is 1. The third-order valence-corrected chi connectivity index (χ3v) is 5.05. The van der Waals surface area contributed by atoms with Crippen molar-refractivity contribution in [1.82, 2.24) is 14.8 Å². The van der Waals surface area contributed by atoms with Crippen molar-refractivity contribution in [1.29, 1.82) is 0 Å². The van der Waals surface area contributed by atoms with E-state index >= 15 is 0 Å². The van der Waals surface area contributed by atoms with Gasteiger partial charge in [0.1, 0.15) is 5.82 Å². The van der Waals surface area contributed by atoms with Gasteiger partial charge in [0.15, 0.2) is 0 Å². The largest absolute Gasteiger partial charge is 0.343 e. The molecule has 0 bridgehead atoms. The summed E-state index contributed by atoms with van der Waals surface area (Å²) in [6.45, 7) is 9.45. The lowest BCUT2D eigenvalue weighted by Gasteiger charge is -2.32. The molecule has 1 aromatic heterocycles. The summed E-state index contributed by atoms with van der Waals surface area (Å²) in [6.07, 6.45) is 6.72. The Morgan fingerprint density at radius 1 is 1.15 bits per heavy atom. The van der Waals surface area contributed by atoms with Gasteiger partial charge in [-0.15, -0.1) is 0 Å². The van der Waals surface area contributed by atoms with Crippen molar-refractivity contribution < 1.29 is 0 Å². The third kappa shape index (κ3) is 3.84. The molecule has 0 aliphatic carbocycles. The summed E-state index contributed by atoms with van der Waals surface area (Å²) in [7, 11) is 2.17. The number of hydrogen-bond acceptors (Lipinski definition) is 5. The molecule has 4 rings (SSSR count). The second-order valence-corrected chi connectivity index (χ2v) is 7.13. The van der Waals surface area contributed by atoms with Crippen molar-refractivity contribution in [3.8, 4) is 0 Å². The average Bonchev–Trinajstić information content (AvgIpc) is 3.18. The molecule has 1 aromatic carbocycles. The van der Waals surface area contributed by atoms with Gasteiger partial charge in [-0.2, -0.15) is 0 Å². The van der Waals surface area contributed by atoms with Crippen molar-refractivity contribution in [3.05, 3.63) is 54.5 Å². The number of rotatable bonds is 5. The number of likely N-dealkylation sites (N-methyl/N-ethyl adjacent to an activating group) is 1. The molecule has 1 saturated heterocycles. The van der Waals surface area contributed by atoms with Crippen LogP contribution in [0.3, 0.4) is 0 Å². The number of benzene rings is 1. The minimum absolute atomic E-state index is 0.852. The van der Waals surface area contributed by atoms with Gasteiger partial charge in [0.2, 0.25) is 0 Å². The molecule has 0 atom stereocenters. The molecule has 0 unspecified atom stereocenters. The zero-order chi connectivity index (χ0) is 17.9. The number of fused-ring (bicyclic) bond motifs is 1. The molecule has 5 heteroatoms. The van der Waals surface area contributed by atoms with E-state index in [0.717, 1.165) is 56.0 Å². The van der Waals surface area contributed by atoms with Crippen molar-refractivity contribution in [2.45, 2.75) is 6.42 Å². The van der Waals surface area contributed by atoms with Gasteiger partial charge in [-0.1, -0.05) is 18.7 Å². The van der Waals surface area contributed by atoms with Gasteiger partial charge in [0.05, 0.1) is 0 Å². The van der Waals surface area contributed by atoms with Crippen molar-refractivity contribution in [2.75, 3.05) is 45.1 Å². The molecular weight excluding hydrogens is 322 g/mol. The van der Waals surface area contributed by atoms with Gasteiger partial charge in [-0.05, 0) is 35.7 Å². The number of nitrogens with zero attached hydrogens (tertiary/aromatic N) is 4. The highest BCUT2D eigenvalue weighted by molar-refractivity contribution is 5.91. The van der Waals surface area contributed by atoms with Crippen LogP contribution in [0.15, 0.2) is 53.9 Å². The molecule has 0 saturated carbocycles. The lowest BCUT2D eigenvalue weighted by molar-refractivity contribution is 0.164. The minimum Gasteiger partial charge on any atom is -0.343 e. The maximum atomic E-state index is 4.54. The Balaban J connectivity index is 1.45. The van der Waals surface area contributed by atoms with E-state index in [-0.39, 0.29) is 0 Å². The lowest BCUT2D eigenvalue weighted by Crippen LogP contribution is -2.45. The number of aliphatic imine (C=N–C) groups is 1. The minimum atomic E-state index is 0.852. The van der Waals surface area contributed by atoms with E-state index in [2.05, 4.69) is 63.0 Å². The fourth-order valence-corrected chi connectivity index (χ4v) is 3.44. The molecular formula is C21H25N5. The van der Waals surface area contributed by atoms with E-state index in [9.17, 15) is 0 Å². The Bertz CT molecular complexity index is 875. The lowest BCUT2D eigenvalue weighted by atomic mass is 10.0. The first-order chi connectivity index (χ1) is 12.7. The number of anilines is 1.